The van der Waals surface area contributed by atoms with Crippen molar-refractivity contribution in [2.24, 2.45) is 0 Å². The van der Waals surface area contributed by atoms with Gasteiger partial charge in [0.05, 0.1) is 10.6 Å². The van der Waals surface area contributed by atoms with Crippen molar-refractivity contribution in [1.82, 2.24) is 15.6 Å². The number of fused-ring (bicyclic) bond motifs is 1. The molecule has 0 spiro atoms. The summed E-state index contributed by atoms with van der Waals surface area (Å²) in [4.78, 5) is 16.1. The van der Waals surface area contributed by atoms with Gasteiger partial charge in [-0.2, -0.15) is 0 Å². The van der Waals surface area contributed by atoms with E-state index in [4.69, 9.17) is 11.6 Å². The van der Waals surface area contributed by atoms with Gasteiger partial charge in [-0.05, 0) is 30.2 Å². The number of carbonyl (C=O) groups excluding carboxylic acids is 1. The summed E-state index contributed by atoms with van der Waals surface area (Å²) in [5, 5.41) is 6.74. The first-order chi connectivity index (χ1) is 10.3. The van der Waals surface area contributed by atoms with E-state index < -0.39 is 0 Å². The predicted molar refractivity (Wildman–Crippen MR) is 97.0 cm³/mol. The molecule has 1 atom stereocenters. The molecule has 4 nitrogen and oxygen atoms in total. The van der Waals surface area contributed by atoms with Crippen LogP contribution >= 0.6 is 36.4 Å². The summed E-state index contributed by atoms with van der Waals surface area (Å²) in [5.74, 6) is -0.174. The van der Waals surface area contributed by atoms with E-state index in [1.807, 2.05) is 6.07 Å². The van der Waals surface area contributed by atoms with Crippen molar-refractivity contribution in [3.63, 3.8) is 0 Å². The van der Waals surface area contributed by atoms with Gasteiger partial charge in [-0.25, -0.2) is 0 Å². The van der Waals surface area contributed by atoms with Gasteiger partial charge >= 0.3 is 0 Å². The Labute approximate surface area is 152 Å². The number of nitrogens with zero attached hydrogens (tertiary/aromatic N) is 1. The van der Waals surface area contributed by atoms with Crippen molar-refractivity contribution >= 4 is 42.3 Å². The minimum absolute atomic E-state index is 0. The van der Waals surface area contributed by atoms with Gasteiger partial charge in [-0.3, -0.25) is 9.78 Å². The quantitative estimate of drug-likeness (QED) is 0.867. The number of rotatable bonds is 3. The van der Waals surface area contributed by atoms with Crippen LogP contribution in [-0.2, 0) is 6.42 Å². The number of pyridine rings is 1. The highest BCUT2D eigenvalue weighted by Crippen LogP contribution is 2.22. The Morgan fingerprint density at radius 2 is 2.09 bits per heavy atom. The summed E-state index contributed by atoms with van der Waals surface area (Å²) in [6, 6.07) is 10.1. The van der Waals surface area contributed by atoms with Crippen LogP contribution in [0.15, 0.2) is 42.7 Å². The van der Waals surface area contributed by atoms with Crippen LogP contribution in [0.3, 0.4) is 0 Å². The summed E-state index contributed by atoms with van der Waals surface area (Å²) in [5.41, 5.74) is 3.05. The second kappa shape index (κ2) is 9.08. The molecule has 23 heavy (non-hydrogen) atoms. The van der Waals surface area contributed by atoms with Crippen molar-refractivity contribution in [3.8, 4) is 0 Å². The fraction of sp³-hybridized carbons (Fsp3) is 0.250. The van der Waals surface area contributed by atoms with Gasteiger partial charge < -0.3 is 10.6 Å². The van der Waals surface area contributed by atoms with Crippen molar-refractivity contribution in [1.29, 1.82) is 0 Å². The molecule has 1 unspecified atom stereocenters. The number of amides is 1. The van der Waals surface area contributed by atoms with Gasteiger partial charge in [0.2, 0.25) is 0 Å². The molecule has 1 aliphatic heterocycles. The fourth-order valence-corrected chi connectivity index (χ4v) is 2.83. The molecule has 7 heteroatoms. The van der Waals surface area contributed by atoms with Crippen molar-refractivity contribution in [3.05, 3.63) is 64.4 Å². The number of benzene rings is 1. The number of hydrogen-bond donors (Lipinski definition) is 2. The van der Waals surface area contributed by atoms with E-state index >= 15 is 0 Å². The van der Waals surface area contributed by atoms with Crippen LogP contribution < -0.4 is 10.6 Å². The zero-order valence-corrected chi connectivity index (χ0v) is 14.7. The Morgan fingerprint density at radius 3 is 2.87 bits per heavy atom. The van der Waals surface area contributed by atoms with Crippen LogP contribution in [0, 0.1) is 0 Å². The third kappa shape index (κ3) is 4.58. The molecule has 0 aliphatic carbocycles. The minimum atomic E-state index is -0.174. The maximum atomic E-state index is 12.2. The Balaban J connectivity index is 0.00000132. The third-order valence-corrected chi connectivity index (χ3v) is 4.00. The molecule has 3 rings (SSSR count). The second-order valence-electron chi connectivity index (χ2n) is 5.02. The summed E-state index contributed by atoms with van der Waals surface area (Å²) in [6.45, 7) is 1.46. The molecule has 2 heterocycles. The molecular weight excluding hydrogens is 357 g/mol. The molecule has 0 saturated heterocycles. The fourth-order valence-electron chi connectivity index (χ4n) is 2.62. The number of aromatic nitrogens is 1. The molecular formula is C16H18Cl3N3O. The molecule has 124 valence electrons. The van der Waals surface area contributed by atoms with E-state index in [2.05, 4.69) is 33.8 Å². The molecule has 1 aromatic carbocycles. The van der Waals surface area contributed by atoms with Crippen LogP contribution in [0.1, 0.15) is 27.5 Å². The van der Waals surface area contributed by atoms with Gasteiger partial charge in [0.25, 0.3) is 5.91 Å². The van der Waals surface area contributed by atoms with E-state index in [-0.39, 0.29) is 36.8 Å². The van der Waals surface area contributed by atoms with Crippen LogP contribution in [0.5, 0.6) is 0 Å². The Bertz CT molecular complexity index is 667. The third-order valence-electron chi connectivity index (χ3n) is 3.70. The standard InChI is InChI=1S/C16H16ClN3O.2ClH/c17-14-9-18-7-6-13(14)16(21)20-10-15-12-4-2-1-3-11(12)5-8-19-15;;/h1-4,6-7,9,15,19H,5,8,10H2,(H,20,21);2*1H. The highest BCUT2D eigenvalue weighted by atomic mass is 35.5. The molecule has 2 aromatic rings. The SMILES string of the molecule is Cl.Cl.O=C(NCC1NCCc2ccccc21)c1ccncc1Cl. The molecule has 0 bridgehead atoms. The molecule has 1 amide bonds. The van der Waals surface area contributed by atoms with E-state index in [0.29, 0.717) is 17.1 Å². The van der Waals surface area contributed by atoms with Crippen LogP contribution in [0.25, 0.3) is 0 Å². The topological polar surface area (TPSA) is 54.0 Å². The number of halogens is 3. The van der Waals surface area contributed by atoms with Gasteiger partial charge in [-0.15, -0.1) is 24.8 Å². The highest BCUT2D eigenvalue weighted by molar-refractivity contribution is 6.33. The maximum Gasteiger partial charge on any atom is 0.252 e. The summed E-state index contributed by atoms with van der Waals surface area (Å²) in [7, 11) is 0. The first-order valence-corrected chi connectivity index (χ1v) is 7.32. The first-order valence-electron chi connectivity index (χ1n) is 6.94. The van der Waals surface area contributed by atoms with E-state index in [9.17, 15) is 4.79 Å². The summed E-state index contributed by atoms with van der Waals surface area (Å²) < 4.78 is 0. The second-order valence-corrected chi connectivity index (χ2v) is 5.43. The smallest absolute Gasteiger partial charge is 0.252 e. The maximum absolute atomic E-state index is 12.2. The average molecular weight is 375 g/mol. The predicted octanol–water partition coefficient (Wildman–Crippen LogP) is 3.20. The molecule has 1 aromatic heterocycles. The monoisotopic (exact) mass is 373 g/mol. The van der Waals surface area contributed by atoms with Gasteiger partial charge in [-0.1, -0.05) is 35.9 Å². The number of nitrogens with one attached hydrogen (secondary N) is 2. The zero-order valence-electron chi connectivity index (χ0n) is 12.3. The first kappa shape index (κ1) is 19.7. The van der Waals surface area contributed by atoms with Gasteiger partial charge in [0.15, 0.2) is 0 Å². The largest absolute Gasteiger partial charge is 0.350 e. The molecule has 0 fully saturated rings. The average Bonchev–Trinajstić information content (AvgIpc) is 2.53. The van der Waals surface area contributed by atoms with Crippen molar-refractivity contribution in [2.75, 3.05) is 13.1 Å². The Morgan fingerprint density at radius 1 is 1.30 bits per heavy atom. The van der Waals surface area contributed by atoms with E-state index in [0.717, 1.165) is 13.0 Å². The highest BCUT2D eigenvalue weighted by Gasteiger charge is 2.20. The molecule has 0 radical (unpaired) electrons. The molecule has 2 N–H and O–H groups in total. The van der Waals surface area contributed by atoms with Gasteiger partial charge in [0, 0.05) is 25.0 Å². The zero-order chi connectivity index (χ0) is 14.7. The normalized spacial score (nSPS) is 15.6. The van der Waals surface area contributed by atoms with Crippen LogP contribution in [-0.4, -0.2) is 24.0 Å². The Kier molecular flexibility index (Phi) is 7.79. The van der Waals surface area contributed by atoms with Gasteiger partial charge in [0.1, 0.15) is 0 Å². The lowest BCUT2D eigenvalue weighted by atomic mass is 9.94. The minimum Gasteiger partial charge on any atom is -0.350 e. The molecule has 1 aliphatic rings. The van der Waals surface area contributed by atoms with Crippen LogP contribution in [0.4, 0.5) is 0 Å². The summed E-state index contributed by atoms with van der Waals surface area (Å²) in [6.07, 6.45) is 4.07. The van der Waals surface area contributed by atoms with Crippen molar-refractivity contribution in [2.45, 2.75) is 12.5 Å². The number of hydrogen-bond acceptors (Lipinski definition) is 3. The van der Waals surface area contributed by atoms with Crippen molar-refractivity contribution < 1.29 is 4.79 Å². The lowest BCUT2D eigenvalue weighted by Gasteiger charge is -2.27. The summed E-state index contributed by atoms with van der Waals surface area (Å²) >= 11 is 5.98. The van der Waals surface area contributed by atoms with Crippen LogP contribution in [0.2, 0.25) is 5.02 Å². The number of carbonyl (C=O) groups is 1. The van der Waals surface area contributed by atoms with E-state index in [1.165, 1.54) is 17.3 Å². The Hall–Kier alpha value is -1.33. The lowest BCUT2D eigenvalue weighted by Crippen LogP contribution is -2.38. The lowest BCUT2D eigenvalue weighted by molar-refractivity contribution is 0.0949. The molecule has 0 saturated carbocycles. The van der Waals surface area contributed by atoms with E-state index in [1.54, 1.807) is 12.3 Å².